The summed E-state index contributed by atoms with van der Waals surface area (Å²) in [5.41, 5.74) is 4.94. The van der Waals surface area contributed by atoms with Crippen LogP contribution in [0.25, 0.3) is 0 Å². The van der Waals surface area contributed by atoms with Crippen LogP contribution >= 0.6 is 0 Å². The van der Waals surface area contributed by atoms with Gasteiger partial charge in [0.2, 0.25) is 10.0 Å². The largest absolute Gasteiger partial charge is 0.490 e. The first-order valence-electron chi connectivity index (χ1n) is 18.1. The molecule has 11 nitrogen and oxygen atoms in total. The monoisotopic (exact) mass is 735 g/mol. The molecule has 5 rings (SSSR count). The molecular weight excluding hydrogens is 683 g/mol. The maximum absolute atomic E-state index is 14.1. The van der Waals surface area contributed by atoms with Crippen LogP contribution in [-0.4, -0.2) is 98.4 Å². The Balaban J connectivity index is 1.42. The molecule has 0 spiro atoms. The van der Waals surface area contributed by atoms with Crippen LogP contribution in [-0.2, 0) is 46.9 Å². The number of nitriles is 1. The molecule has 2 heterocycles. The van der Waals surface area contributed by atoms with Crippen LogP contribution in [0.2, 0.25) is 0 Å². The number of rotatable bonds is 19. The Hall–Kier alpha value is -3.54. The van der Waals surface area contributed by atoms with Gasteiger partial charge >= 0.3 is 0 Å². The summed E-state index contributed by atoms with van der Waals surface area (Å²) in [4.78, 5) is 2.53. The predicted octanol–water partition coefficient (Wildman–Crippen LogP) is 5.70. The van der Waals surface area contributed by atoms with Gasteiger partial charge in [0, 0.05) is 52.3 Å². The molecular formula is C40H53N3O8S. The van der Waals surface area contributed by atoms with Crippen LogP contribution in [0, 0.1) is 24.2 Å². The first-order valence-corrected chi connectivity index (χ1v) is 19.5. The summed E-state index contributed by atoms with van der Waals surface area (Å²) in [5.74, 6) is 0.823. The zero-order valence-corrected chi connectivity index (χ0v) is 31.7. The number of fused-ring (bicyclic) bond motifs is 1. The summed E-state index contributed by atoms with van der Waals surface area (Å²) in [7, 11) is -0.475. The second kappa shape index (κ2) is 19.5. The number of anilines is 1. The normalized spacial score (nSPS) is 19.8. The fourth-order valence-electron chi connectivity index (χ4n) is 6.79. The number of ether oxygens (including phenoxy) is 6. The quantitative estimate of drug-likeness (QED) is 0.142. The molecule has 0 saturated carbocycles. The third-order valence-corrected chi connectivity index (χ3v) is 11.3. The van der Waals surface area contributed by atoms with E-state index in [4.69, 9.17) is 28.4 Å². The Kier molecular flexibility index (Phi) is 14.9. The van der Waals surface area contributed by atoms with Crippen molar-refractivity contribution in [3.05, 3.63) is 89.0 Å². The van der Waals surface area contributed by atoms with Crippen molar-refractivity contribution in [3.63, 3.8) is 0 Å². The summed E-state index contributed by atoms with van der Waals surface area (Å²) in [5, 5.41) is 9.32. The van der Waals surface area contributed by atoms with Crippen molar-refractivity contribution >= 4 is 15.7 Å². The Morgan fingerprint density at radius 1 is 0.904 bits per heavy atom. The van der Waals surface area contributed by atoms with Gasteiger partial charge in [0.05, 0.1) is 74.9 Å². The Labute approximate surface area is 309 Å². The molecule has 0 unspecified atom stereocenters. The van der Waals surface area contributed by atoms with Gasteiger partial charge in [-0.25, -0.2) is 8.42 Å². The molecule has 12 heteroatoms. The SMILES string of the molecule is COCCCN1CCOc2ccc(CO[C@H]3CN(S(=O)(=O)c4ccc(C)cc4)C[C@@H](OCCC#N)[C@@H]3c3ccc(COC[C@@H](C)COC)cc3)cc21. The van der Waals surface area contributed by atoms with Crippen LogP contribution < -0.4 is 9.64 Å². The lowest BCUT2D eigenvalue weighted by atomic mass is 9.85. The minimum Gasteiger partial charge on any atom is -0.490 e. The zero-order chi connectivity index (χ0) is 36.9. The number of nitrogens with zero attached hydrogens (tertiary/aromatic N) is 3. The van der Waals surface area contributed by atoms with Crippen molar-refractivity contribution < 1.29 is 36.8 Å². The summed E-state index contributed by atoms with van der Waals surface area (Å²) in [6, 6.07) is 23.3. The molecule has 4 atom stereocenters. The second-order valence-corrected chi connectivity index (χ2v) is 15.6. The lowest BCUT2D eigenvalue weighted by molar-refractivity contribution is -0.0777. The van der Waals surface area contributed by atoms with Crippen molar-refractivity contribution in [3.8, 4) is 11.8 Å². The smallest absolute Gasteiger partial charge is 0.243 e. The number of aryl methyl sites for hydroxylation is 1. The molecule has 0 radical (unpaired) electrons. The molecule has 3 aromatic rings. The van der Waals surface area contributed by atoms with E-state index in [-0.39, 0.29) is 49.5 Å². The van der Waals surface area contributed by atoms with E-state index >= 15 is 0 Å². The highest BCUT2D eigenvalue weighted by molar-refractivity contribution is 7.89. The first kappa shape index (κ1) is 39.7. The van der Waals surface area contributed by atoms with Crippen LogP contribution in [0.15, 0.2) is 71.6 Å². The number of methoxy groups -OCH3 is 2. The highest BCUT2D eigenvalue weighted by atomic mass is 32.2. The number of hydrogen-bond donors (Lipinski definition) is 0. The van der Waals surface area contributed by atoms with Crippen molar-refractivity contribution in [1.82, 2.24) is 4.31 Å². The molecule has 0 aliphatic carbocycles. The summed E-state index contributed by atoms with van der Waals surface area (Å²) >= 11 is 0. The Morgan fingerprint density at radius 3 is 2.35 bits per heavy atom. The van der Waals surface area contributed by atoms with Crippen molar-refractivity contribution in [2.75, 3.05) is 78.3 Å². The third-order valence-electron chi connectivity index (χ3n) is 9.48. The van der Waals surface area contributed by atoms with Gasteiger partial charge in [-0.05, 0) is 54.3 Å². The van der Waals surface area contributed by atoms with E-state index in [0.717, 1.165) is 53.2 Å². The van der Waals surface area contributed by atoms with Crippen molar-refractivity contribution in [2.45, 2.75) is 62.9 Å². The molecule has 0 bridgehead atoms. The van der Waals surface area contributed by atoms with Gasteiger partial charge in [0.15, 0.2) is 0 Å². The van der Waals surface area contributed by atoms with E-state index in [1.807, 2.05) is 31.2 Å². The topological polar surface area (TPSA) is 120 Å². The first-order chi connectivity index (χ1) is 25.2. The van der Waals surface area contributed by atoms with Gasteiger partial charge in [0.1, 0.15) is 12.4 Å². The fourth-order valence-corrected chi connectivity index (χ4v) is 8.25. The average Bonchev–Trinajstić information content (AvgIpc) is 3.15. The van der Waals surface area contributed by atoms with E-state index in [2.05, 4.69) is 36.1 Å². The molecule has 3 aromatic carbocycles. The number of sulfonamides is 1. The average molecular weight is 736 g/mol. The molecule has 1 saturated heterocycles. The van der Waals surface area contributed by atoms with Gasteiger partial charge < -0.3 is 33.3 Å². The van der Waals surface area contributed by atoms with E-state index in [0.29, 0.717) is 33.0 Å². The standard InChI is InChI=1S/C40H53N3O8S/c1-30-7-14-35(15-8-30)52(44,45)43-24-38(49-21-5-17-41)40(34-12-9-32(10-13-34)28-48-27-31(2)26-47-4)39(25-43)51-29-33-11-16-37-36(23-33)42(19-22-50-37)18-6-20-46-3/h7-16,23,31,38-40H,5-6,18-22,24-29H2,1-4H3/t31-,38+,39-,40-/m0/s1. The molecule has 52 heavy (non-hydrogen) atoms. The van der Waals surface area contributed by atoms with Crippen LogP contribution in [0.5, 0.6) is 5.75 Å². The molecule has 2 aliphatic rings. The van der Waals surface area contributed by atoms with Crippen molar-refractivity contribution in [1.29, 1.82) is 5.26 Å². The highest BCUT2D eigenvalue weighted by Crippen LogP contribution is 2.37. The molecule has 0 N–H and O–H groups in total. The molecule has 282 valence electrons. The molecule has 0 aromatic heterocycles. The van der Waals surface area contributed by atoms with E-state index in [9.17, 15) is 13.7 Å². The lowest BCUT2D eigenvalue weighted by Gasteiger charge is -2.43. The third kappa shape index (κ3) is 10.5. The number of piperidine rings is 1. The minimum atomic E-state index is -3.87. The van der Waals surface area contributed by atoms with Crippen LogP contribution in [0.3, 0.4) is 0 Å². The lowest BCUT2D eigenvalue weighted by Crippen LogP contribution is -2.54. The second-order valence-electron chi connectivity index (χ2n) is 13.6. The summed E-state index contributed by atoms with van der Waals surface area (Å²) in [6.45, 7) is 9.34. The maximum Gasteiger partial charge on any atom is 0.243 e. The summed E-state index contributed by atoms with van der Waals surface area (Å²) in [6.07, 6.45) is -0.0211. The Morgan fingerprint density at radius 2 is 1.63 bits per heavy atom. The van der Waals surface area contributed by atoms with Crippen LogP contribution in [0.1, 0.15) is 47.9 Å². The van der Waals surface area contributed by atoms with E-state index in [1.54, 1.807) is 38.5 Å². The molecule has 0 amide bonds. The molecule has 2 aliphatic heterocycles. The van der Waals surface area contributed by atoms with Gasteiger partial charge in [-0.2, -0.15) is 9.57 Å². The van der Waals surface area contributed by atoms with Crippen molar-refractivity contribution in [2.24, 2.45) is 5.92 Å². The fraction of sp³-hybridized carbons (Fsp3) is 0.525. The highest BCUT2D eigenvalue weighted by Gasteiger charge is 2.43. The minimum absolute atomic E-state index is 0.126. The van der Waals surface area contributed by atoms with Gasteiger partial charge in [-0.1, -0.05) is 55.0 Å². The maximum atomic E-state index is 14.1. The van der Waals surface area contributed by atoms with E-state index in [1.165, 1.54) is 4.31 Å². The number of benzene rings is 3. The van der Waals surface area contributed by atoms with Crippen LogP contribution in [0.4, 0.5) is 5.69 Å². The zero-order valence-electron chi connectivity index (χ0n) is 30.9. The van der Waals surface area contributed by atoms with E-state index < -0.39 is 22.2 Å². The predicted molar refractivity (Wildman–Crippen MR) is 199 cm³/mol. The number of hydrogen-bond acceptors (Lipinski definition) is 10. The summed E-state index contributed by atoms with van der Waals surface area (Å²) < 4.78 is 65.2. The Bertz CT molecular complexity index is 1700. The molecule has 1 fully saturated rings. The van der Waals surface area contributed by atoms with Gasteiger partial charge in [-0.3, -0.25) is 0 Å². The van der Waals surface area contributed by atoms with Gasteiger partial charge in [-0.15, -0.1) is 0 Å². The van der Waals surface area contributed by atoms with Gasteiger partial charge in [0.25, 0.3) is 0 Å².